The molecule has 0 aliphatic rings. The zero-order chi connectivity index (χ0) is 17.7. The average molecular weight is 337 g/mol. The number of rotatable bonds is 4. The first-order valence-electron chi connectivity index (χ1n) is 6.47. The number of amides is 1. The first-order valence-corrected chi connectivity index (χ1v) is 6.47. The van der Waals surface area contributed by atoms with Crippen molar-refractivity contribution in [1.82, 2.24) is 4.98 Å². The molecule has 124 valence electrons. The van der Waals surface area contributed by atoms with Gasteiger partial charge in [-0.25, -0.2) is 0 Å². The first-order chi connectivity index (χ1) is 11.3. The normalized spacial score (nSPS) is 10.7. The molecule has 2 aromatic rings. The Morgan fingerprint density at radius 2 is 2.12 bits per heavy atom. The molecule has 24 heavy (non-hydrogen) atoms. The van der Waals surface area contributed by atoms with Crippen molar-refractivity contribution in [3.63, 3.8) is 0 Å². The van der Waals surface area contributed by atoms with Gasteiger partial charge in [-0.2, -0.15) is 0 Å². The van der Waals surface area contributed by atoms with Crippen molar-refractivity contribution >= 4 is 17.3 Å². The van der Waals surface area contributed by atoms with E-state index in [1.165, 1.54) is 24.4 Å². The average Bonchev–Trinajstić information content (AvgIpc) is 2.49. The third-order valence-electron chi connectivity index (χ3n) is 2.80. The van der Waals surface area contributed by atoms with Crippen LogP contribution in [0.2, 0.25) is 0 Å². The minimum absolute atomic E-state index is 0.0392. The molecule has 10 heteroatoms. The number of ether oxygens (including phenoxy) is 1. The summed E-state index contributed by atoms with van der Waals surface area (Å²) in [6.45, 7) is 1.62. The molecule has 0 aliphatic heterocycles. The lowest BCUT2D eigenvalue weighted by molar-refractivity contribution is -0.274. The third-order valence-corrected chi connectivity index (χ3v) is 2.80. The molecule has 1 aromatic carbocycles. The number of alkyl halides is 3. The number of aryl methyl sites for hydroxylation is 1. The Balaban J connectivity index is 2.20. The number of halogens is 3. The second-order valence-corrected chi connectivity index (χ2v) is 4.55. The van der Waals surface area contributed by atoms with E-state index in [2.05, 4.69) is 25.1 Å². The minimum Gasteiger partial charge on any atom is -0.406 e. The van der Waals surface area contributed by atoms with Crippen LogP contribution in [0, 0.1) is 6.92 Å². The van der Waals surface area contributed by atoms with Crippen molar-refractivity contribution < 1.29 is 22.7 Å². The third kappa shape index (κ3) is 4.62. The van der Waals surface area contributed by atoms with Crippen molar-refractivity contribution in [2.75, 3.05) is 5.32 Å². The maximum Gasteiger partial charge on any atom is 0.573 e. The molecule has 1 N–H and O–H groups in total. The van der Waals surface area contributed by atoms with Gasteiger partial charge in [0.2, 0.25) is 0 Å². The van der Waals surface area contributed by atoms with E-state index in [1.54, 1.807) is 6.92 Å². The molecule has 0 aliphatic carbocycles. The van der Waals surface area contributed by atoms with E-state index in [9.17, 15) is 18.0 Å². The second-order valence-electron chi connectivity index (χ2n) is 4.55. The molecule has 0 saturated carbocycles. The molecule has 2 rings (SSSR count). The van der Waals surface area contributed by atoms with E-state index >= 15 is 0 Å². The molecular weight excluding hydrogens is 327 g/mol. The van der Waals surface area contributed by atoms with Crippen molar-refractivity contribution in [2.24, 2.45) is 5.11 Å². The van der Waals surface area contributed by atoms with Crippen molar-refractivity contribution in [2.45, 2.75) is 13.3 Å². The Bertz CT molecular complexity index is 816. The smallest absolute Gasteiger partial charge is 0.406 e. The van der Waals surface area contributed by atoms with Crippen LogP contribution in [0.3, 0.4) is 0 Å². The molecule has 0 fully saturated rings. The van der Waals surface area contributed by atoms with Gasteiger partial charge in [-0.1, -0.05) is 11.2 Å². The molecule has 0 radical (unpaired) electrons. The number of benzene rings is 1. The van der Waals surface area contributed by atoms with E-state index in [0.717, 1.165) is 12.1 Å². The number of hydrogen-bond acceptors (Lipinski definition) is 4. The van der Waals surface area contributed by atoms with E-state index in [0.29, 0.717) is 5.69 Å². The first kappa shape index (κ1) is 17.1. The molecule has 1 heterocycles. The highest BCUT2D eigenvalue weighted by Crippen LogP contribution is 2.24. The number of aromatic nitrogens is 1. The number of azide groups is 1. The molecular formula is C14H10F3N5O2. The van der Waals surface area contributed by atoms with Crippen LogP contribution in [0.1, 0.15) is 16.1 Å². The van der Waals surface area contributed by atoms with Gasteiger partial charge in [-0.3, -0.25) is 9.78 Å². The van der Waals surface area contributed by atoms with Gasteiger partial charge < -0.3 is 10.1 Å². The lowest BCUT2D eigenvalue weighted by atomic mass is 10.2. The monoisotopic (exact) mass is 337 g/mol. The number of anilines is 1. The maximum absolute atomic E-state index is 12.2. The van der Waals surface area contributed by atoms with Crippen LogP contribution in [0.5, 0.6) is 5.75 Å². The van der Waals surface area contributed by atoms with Gasteiger partial charge >= 0.3 is 6.36 Å². The fourth-order valence-corrected chi connectivity index (χ4v) is 1.78. The predicted octanol–water partition coefficient (Wildman–Crippen LogP) is 4.48. The van der Waals surface area contributed by atoms with Crippen LogP contribution >= 0.6 is 0 Å². The Morgan fingerprint density at radius 1 is 1.38 bits per heavy atom. The number of carbonyl (C=O) groups is 1. The SMILES string of the molecule is Cc1ncc(NC(=O)c2cccc(OC(F)(F)F)c2)cc1N=[N+]=[N-]. The summed E-state index contributed by atoms with van der Waals surface area (Å²) in [7, 11) is 0. The van der Waals surface area contributed by atoms with Crippen LogP contribution < -0.4 is 10.1 Å². The fourth-order valence-electron chi connectivity index (χ4n) is 1.78. The quantitative estimate of drug-likeness (QED) is 0.505. The number of hydrogen-bond donors (Lipinski definition) is 1. The number of nitrogens with one attached hydrogen (secondary N) is 1. The summed E-state index contributed by atoms with van der Waals surface area (Å²) in [6.07, 6.45) is -3.51. The molecule has 1 amide bonds. The number of pyridine rings is 1. The van der Waals surface area contributed by atoms with Gasteiger partial charge in [-0.15, -0.1) is 13.2 Å². The molecule has 7 nitrogen and oxygen atoms in total. The van der Waals surface area contributed by atoms with E-state index < -0.39 is 18.0 Å². The summed E-state index contributed by atoms with van der Waals surface area (Å²) < 4.78 is 40.4. The number of nitrogens with zero attached hydrogens (tertiary/aromatic N) is 4. The van der Waals surface area contributed by atoms with Gasteiger partial charge in [0.25, 0.3) is 5.91 Å². The lowest BCUT2D eigenvalue weighted by Gasteiger charge is -2.10. The van der Waals surface area contributed by atoms with Gasteiger partial charge in [0, 0.05) is 16.2 Å². The Kier molecular flexibility index (Phi) is 4.90. The van der Waals surface area contributed by atoms with Crippen LogP contribution in [0.4, 0.5) is 24.5 Å². The van der Waals surface area contributed by atoms with Crippen LogP contribution in [-0.2, 0) is 0 Å². The Hall–Kier alpha value is -3.26. The lowest BCUT2D eigenvalue weighted by Crippen LogP contribution is -2.18. The topological polar surface area (TPSA) is 100.0 Å². The molecule has 1 aromatic heterocycles. The zero-order valence-electron chi connectivity index (χ0n) is 12.2. The fraction of sp³-hybridized carbons (Fsp3) is 0.143. The van der Waals surface area contributed by atoms with Gasteiger partial charge in [0.05, 0.1) is 17.6 Å². The highest BCUT2D eigenvalue weighted by Gasteiger charge is 2.31. The largest absolute Gasteiger partial charge is 0.573 e. The van der Waals surface area contributed by atoms with Gasteiger partial charge in [0.15, 0.2) is 0 Å². The molecule has 0 saturated heterocycles. The van der Waals surface area contributed by atoms with E-state index in [-0.39, 0.29) is 16.9 Å². The Morgan fingerprint density at radius 3 is 2.79 bits per heavy atom. The molecule has 0 bridgehead atoms. The maximum atomic E-state index is 12.2. The predicted molar refractivity (Wildman–Crippen MR) is 78.9 cm³/mol. The highest BCUT2D eigenvalue weighted by molar-refractivity contribution is 6.04. The van der Waals surface area contributed by atoms with Gasteiger partial charge in [0.1, 0.15) is 5.75 Å². The van der Waals surface area contributed by atoms with Crippen molar-refractivity contribution in [1.29, 1.82) is 0 Å². The van der Waals surface area contributed by atoms with Crippen LogP contribution in [0.15, 0.2) is 41.6 Å². The standard InChI is InChI=1S/C14H10F3N5O2/c1-8-12(21-22-18)6-10(7-19-8)20-13(23)9-3-2-4-11(5-9)24-14(15,16)17/h2-7H,1H3,(H,20,23). The molecule has 0 unspecified atom stereocenters. The molecule has 0 atom stereocenters. The minimum atomic E-state index is -4.85. The summed E-state index contributed by atoms with van der Waals surface area (Å²) in [6, 6.07) is 6.02. The summed E-state index contributed by atoms with van der Waals surface area (Å²) in [4.78, 5) is 18.7. The van der Waals surface area contributed by atoms with E-state index in [4.69, 9.17) is 5.53 Å². The van der Waals surface area contributed by atoms with Crippen molar-refractivity contribution in [3.05, 3.63) is 58.2 Å². The summed E-state index contributed by atoms with van der Waals surface area (Å²) in [5.41, 5.74) is 9.34. The molecule has 0 spiro atoms. The summed E-state index contributed by atoms with van der Waals surface area (Å²) >= 11 is 0. The summed E-state index contributed by atoms with van der Waals surface area (Å²) in [5, 5.41) is 5.88. The summed E-state index contributed by atoms with van der Waals surface area (Å²) in [5.74, 6) is -1.17. The number of carbonyl (C=O) groups excluding carboxylic acids is 1. The second kappa shape index (κ2) is 6.88. The zero-order valence-corrected chi connectivity index (χ0v) is 12.2. The van der Waals surface area contributed by atoms with Gasteiger partial charge in [-0.05, 0) is 36.7 Å². The van der Waals surface area contributed by atoms with Crippen molar-refractivity contribution in [3.8, 4) is 5.75 Å². The van der Waals surface area contributed by atoms with Crippen LogP contribution in [-0.4, -0.2) is 17.3 Å². The van der Waals surface area contributed by atoms with E-state index in [1.807, 2.05) is 0 Å². The highest BCUT2D eigenvalue weighted by atomic mass is 19.4. The Labute approximate surface area is 133 Å². The van der Waals surface area contributed by atoms with Crippen LogP contribution in [0.25, 0.3) is 10.4 Å².